The molecule has 0 bridgehead atoms. The van der Waals surface area contributed by atoms with Crippen molar-refractivity contribution in [2.45, 2.75) is 45.6 Å². The number of hydrogen-bond acceptors (Lipinski definition) is 5. The topological polar surface area (TPSA) is 56.3 Å². The Morgan fingerprint density at radius 1 is 1.20 bits per heavy atom. The zero-order chi connectivity index (χ0) is 17.9. The SMILES string of the molecule is COCc1cc(NCCc2ccc3c(c2)CCO3)nc(C(C)(C)C)n1. The first-order valence-corrected chi connectivity index (χ1v) is 8.81. The van der Waals surface area contributed by atoms with Gasteiger partial charge in [-0.1, -0.05) is 32.9 Å². The van der Waals surface area contributed by atoms with Crippen molar-refractivity contribution in [3.05, 3.63) is 46.9 Å². The van der Waals surface area contributed by atoms with Gasteiger partial charge < -0.3 is 14.8 Å². The van der Waals surface area contributed by atoms with Crippen LogP contribution >= 0.6 is 0 Å². The van der Waals surface area contributed by atoms with Crippen molar-refractivity contribution in [3.8, 4) is 5.75 Å². The summed E-state index contributed by atoms with van der Waals surface area (Å²) in [6.45, 7) is 8.48. The Balaban J connectivity index is 1.66. The molecule has 0 unspecified atom stereocenters. The van der Waals surface area contributed by atoms with E-state index in [1.807, 2.05) is 6.07 Å². The van der Waals surface area contributed by atoms with E-state index in [0.29, 0.717) is 6.61 Å². The monoisotopic (exact) mass is 341 g/mol. The Bertz CT molecular complexity index is 738. The van der Waals surface area contributed by atoms with E-state index in [9.17, 15) is 0 Å². The second-order valence-corrected chi connectivity index (χ2v) is 7.47. The number of rotatable bonds is 6. The fourth-order valence-corrected chi connectivity index (χ4v) is 2.88. The van der Waals surface area contributed by atoms with E-state index in [0.717, 1.165) is 49.1 Å². The van der Waals surface area contributed by atoms with Crippen molar-refractivity contribution in [2.24, 2.45) is 0 Å². The van der Waals surface area contributed by atoms with Gasteiger partial charge in [-0.15, -0.1) is 0 Å². The maximum Gasteiger partial charge on any atom is 0.136 e. The first-order chi connectivity index (χ1) is 12.0. The predicted molar refractivity (Wildman–Crippen MR) is 99.3 cm³/mol. The van der Waals surface area contributed by atoms with Crippen LogP contribution in [0.25, 0.3) is 0 Å². The van der Waals surface area contributed by atoms with Gasteiger partial charge in [0.05, 0.1) is 18.9 Å². The molecule has 134 valence electrons. The summed E-state index contributed by atoms with van der Waals surface area (Å²) in [5, 5.41) is 3.43. The Hall–Kier alpha value is -2.14. The zero-order valence-corrected chi connectivity index (χ0v) is 15.6. The number of fused-ring (bicyclic) bond motifs is 1. The minimum Gasteiger partial charge on any atom is -0.493 e. The second kappa shape index (κ2) is 7.40. The summed E-state index contributed by atoms with van der Waals surface area (Å²) in [4.78, 5) is 9.29. The van der Waals surface area contributed by atoms with Gasteiger partial charge in [-0.25, -0.2) is 9.97 Å². The Morgan fingerprint density at radius 2 is 2.04 bits per heavy atom. The summed E-state index contributed by atoms with van der Waals surface area (Å²) < 4.78 is 10.8. The van der Waals surface area contributed by atoms with Crippen molar-refractivity contribution in [2.75, 3.05) is 25.6 Å². The molecular weight excluding hydrogens is 314 g/mol. The highest BCUT2D eigenvalue weighted by atomic mass is 16.5. The van der Waals surface area contributed by atoms with E-state index >= 15 is 0 Å². The number of methoxy groups -OCH3 is 1. The van der Waals surface area contributed by atoms with Crippen LogP contribution in [0.3, 0.4) is 0 Å². The lowest BCUT2D eigenvalue weighted by molar-refractivity contribution is 0.181. The van der Waals surface area contributed by atoms with Crippen LogP contribution in [0.15, 0.2) is 24.3 Å². The molecule has 1 N–H and O–H groups in total. The van der Waals surface area contributed by atoms with Crippen molar-refractivity contribution in [1.82, 2.24) is 9.97 Å². The molecule has 1 aliphatic rings. The minimum atomic E-state index is -0.0971. The molecular formula is C20H27N3O2. The number of nitrogens with one attached hydrogen (secondary N) is 1. The highest BCUT2D eigenvalue weighted by Gasteiger charge is 2.19. The summed E-state index contributed by atoms with van der Waals surface area (Å²) in [6, 6.07) is 8.44. The van der Waals surface area contributed by atoms with Crippen LogP contribution < -0.4 is 10.1 Å². The van der Waals surface area contributed by atoms with E-state index in [2.05, 4.69) is 54.3 Å². The molecule has 2 heterocycles. The standard InChI is InChI=1S/C20H27N3O2/c1-20(2,3)19-22-16(13-24-4)12-18(23-19)21-9-7-14-5-6-17-15(11-14)8-10-25-17/h5-6,11-12H,7-10,13H2,1-4H3,(H,21,22,23). The largest absolute Gasteiger partial charge is 0.493 e. The number of benzene rings is 1. The van der Waals surface area contributed by atoms with Crippen LogP contribution in [-0.2, 0) is 29.6 Å². The van der Waals surface area contributed by atoms with Gasteiger partial charge in [0.2, 0.25) is 0 Å². The fourth-order valence-electron chi connectivity index (χ4n) is 2.88. The van der Waals surface area contributed by atoms with Crippen LogP contribution in [0.1, 0.15) is 43.4 Å². The van der Waals surface area contributed by atoms with E-state index < -0.39 is 0 Å². The lowest BCUT2D eigenvalue weighted by atomic mass is 9.95. The summed E-state index contributed by atoms with van der Waals surface area (Å²) in [5.41, 5.74) is 3.44. The maximum absolute atomic E-state index is 5.56. The Kier molecular flexibility index (Phi) is 5.23. The quantitative estimate of drug-likeness (QED) is 0.871. The smallest absolute Gasteiger partial charge is 0.136 e. The number of anilines is 1. The third-order valence-corrected chi connectivity index (χ3v) is 4.22. The summed E-state index contributed by atoms with van der Waals surface area (Å²) in [7, 11) is 1.68. The van der Waals surface area contributed by atoms with E-state index in [1.165, 1.54) is 11.1 Å². The third-order valence-electron chi connectivity index (χ3n) is 4.22. The van der Waals surface area contributed by atoms with Crippen molar-refractivity contribution < 1.29 is 9.47 Å². The molecule has 3 rings (SSSR count). The number of hydrogen-bond donors (Lipinski definition) is 1. The molecule has 2 aromatic rings. The second-order valence-electron chi connectivity index (χ2n) is 7.47. The van der Waals surface area contributed by atoms with Gasteiger partial charge in [0.15, 0.2) is 0 Å². The van der Waals surface area contributed by atoms with Crippen LogP contribution in [0.4, 0.5) is 5.82 Å². The average molecular weight is 341 g/mol. The molecule has 0 saturated carbocycles. The van der Waals surface area contributed by atoms with Crippen molar-refractivity contribution in [3.63, 3.8) is 0 Å². The van der Waals surface area contributed by atoms with Gasteiger partial charge in [0, 0.05) is 31.6 Å². The van der Waals surface area contributed by atoms with Gasteiger partial charge in [-0.05, 0) is 23.6 Å². The molecule has 0 atom stereocenters. The molecule has 0 saturated heterocycles. The van der Waals surface area contributed by atoms with E-state index in [4.69, 9.17) is 9.47 Å². The van der Waals surface area contributed by atoms with Crippen LogP contribution in [0.2, 0.25) is 0 Å². The first kappa shape index (κ1) is 17.7. The van der Waals surface area contributed by atoms with Gasteiger partial charge in [0.1, 0.15) is 17.4 Å². The minimum absolute atomic E-state index is 0.0971. The molecule has 0 amide bonds. The fraction of sp³-hybridized carbons (Fsp3) is 0.500. The third kappa shape index (κ3) is 4.48. The van der Waals surface area contributed by atoms with Gasteiger partial charge in [-0.2, -0.15) is 0 Å². The zero-order valence-electron chi connectivity index (χ0n) is 15.6. The number of nitrogens with zero attached hydrogens (tertiary/aromatic N) is 2. The Labute approximate surface area is 149 Å². The normalized spacial score (nSPS) is 13.4. The van der Waals surface area contributed by atoms with Gasteiger partial charge in [0.25, 0.3) is 0 Å². The average Bonchev–Trinajstić information content (AvgIpc) is 3.02. The molecule has 1 aromatic heterocycles. The molecule has 25 heavy (non-hydrogen) atoms. The van der Waals surface area contributed by atoms with Gasteiger partial charge in [-0.3, -0.25) is 0 Å². The maximum atomic E-state index is 5.56. The molecule has 0 spiro atoms. The molecule has 1 aliphatic heterocycles. The summed E-state index contributed by atoms with van der Waals surface area (Å²) in [5.74, 6) is 2.72. The van der Waals surface area contributed by atoms with Crippen LogP contribution in [-0.4, -0.2) is 30.2 Å². The molecule has 5 heteroatoms. The Morgan fingerprint density at radius 3 is 2.80 bits per heavy atom. The molecule has 0 radical (unpaired) electrons. The van der Waals surface area contributed by atoms with Crippen molar-refractivity contribution >= 4 is 5.82 Å². The highest BCUT2D eigenvalue weighted by Crippen LogP contribution is 2.26. The van der Waals surface area contributed by atoms with Crippen LogP contribution in [0, 0.1) is 0 Å². The predicted octanol–water partition coefficient (Wildman–Crippen LogP) is 3.51. The van der Waals surface area contributed by atoms with Crippen LogP contribution in [0.5, 0.6) is 5.75 Å². The molecule has 0 fully saturated rings. The number of ether oxygens (including phenoxy) is 2. The van der Waals surface area contributed by atoms with E-state index in [1.54, 1.807) is 7.11 Å². The summed E-state index contributed by atoms with van der Waals surface area (Å²) >= 11 is 0. The van der Waals surface area contributed by atoms with E-state index in [-0.39, 0.29) is 5.41 Å². The van der Waals surface area contributed by atoms with Gasteiger partial charge >= 0.3 is 0 Å². The lowest BCUT2D eigenvalue weighted by Gasteiger charge is -2.19. The van der Waals surface area contributed by atoms with Crippen molar-refractivity contribution in [1.29, 1.82) is 0 Å². The first-order valence-electron chi connectivity index (χ1n) is 8.81. The molecule has 5 nitrogen and oxygen atoms in total. The summed E-state index contributed by atoms with van der Waals surface area (Å²) in [6.07, 6.45) is 1.96. The number of aromatic nitrogens is 2. The lowest BCUT2D eigenvalue weighted by Crippen LogP contribution is -2.19. The molecule has 0 aliphatic carbocycles. The molecule has 1 aromatic carbocycles. The highest BCUT2D eigenvalue weighted by molar-refractivity contribution is 5.41.